The van der Waals surface area contributed by atoms with E-state index in [1.54, 1.807) is 12.2 Å². The molecule has 55 heteroatoms. The number of ether oxygens (including phenoxy) is 8. The van der Waals surface area contributed by atoms with Gasteiger partial charge in [0.15, 0.2) is 11.5 Å². The molecule has 658 valence electrons. The standard InChI is InChI=1S/C20H29N5O13.C14H21N3O6.C7H12N2O8.C7H12O2.C6H10N2O8.C6H10O2.CH3F.ClH.Li.H2O/c1-34-15-6-5-14(19(28)18(15)20(21)29)23-17(27)12-36-10-9-35-8-7-22-16(26)4-2-3-13(38-25(32)33)11-37-24(30)31;1-21-10-3-2-9(13(19)12(10)14(16)20)17-11(18)8-23-7-6-22-5-4-15;1-15-7(10)4-2-3-6(17-9(13)14)5-16-8(11)12;1-3-4-5-6-7(8)9-2;9-6(10)3-1-2-5(16-8(13)14)4-15-7(11)12;1-2-3-4-5-6(7)8;1-2;;;/h5-6,13,28H,2-4,7-12H2,1H3,(H2,21,29)(H,22,26)(H,23,27);2-3,19H,4-8,15H2,1H3,(H2,16,20)(H,17,18);6H,2-5H2,1H3;3H,1,4-6H2,2H3;5H,1-4H2,(H,9,10);2H,1,3-5H2,(H,7,8);1H3;1H;;1H2/q;;;;;;;;+1;/p-1/i;;;;;;1D;;;. The molecule has 2 rings (SSSR count). The smallest absolute Gasteiger partial charge is 0.870 e. The van der Waals surface area contributed by atoms with Gasteiger partial charge in [0.25, 0.3) is 42.3 Å². The number of carboxylic acid groups (broad SMARTS) is 2. The minimum atomic E-state index is -1.18. The number of halogens is 2. The number of carbonyl (C=O) groups is 9. The summed E-state index contributed by atoms with van der Waals surface area (Å²) in [5.41, 5.74) is 15.2. The molecule has 0 heterocycles. The third kappa shape index (κ3) is 72.4. The normalized spacial score (nSPS) is 10.4. The van der Waals surface area contributed by atoms with Crippen LogP contribution >= 0.6 is 12.4 Å². The third-order valence-electron chi connectivity index (χ3n) is 12.4. The molecule has 0 fully saturated rings. The number of phenols is 2. The number of carboxylic acids is 2. The molecule has 0 saturated heterocycles. The Morgan fingerprint density at radius 1 is 0.517 bits per heavy atom. The number of benzene rings is 2. The van der Waals surface area contributed by atoms with Crippen molar-refractivity contribution in [3.63, 3.8) is 0 Å². The first-order valence-electron chi connectivity index (χ1n) is 33.3. The van der Waals surface area contributed by atoms with Crippen LogP contribution in [0.4, 0.5) is 15.8 Å². The molecule has 2 aromatic rings. The number of alkyl halides is 1. The zero-order chi connectivity index (χ0) is 87.8. The zero-order valence-corrected chi connectivity index (χ0v) is 64.7. The fourth-order valence-electron chi connectivity index (χ4n) is 7.47. The fraction of sp³-hybridized carbons (Fsp3) is 0.590. The Bertz CT molecular complexity index is 3260. The number of unbranched alkanes of at least 4 members (excludes halogenated alkanes) is 2. The molecule has 0 aliphatic heterocycles. The van der Waals surface area contributed by atoms with Gasteiger partial charge in [-0.1, -0.05) is 12.2 Å². The summed E-state index contributed by atoms with van der Waals surface area (Å²) < 4.78 is 54.8. The zero-order valence-electron chi connectivity index (χ0n) is 64.8. The number of nitrogens with zero attached hydrogens (tertiary/aromatic N) is 6. The van der Waals surface area contributed by atoms with Crippen LogP contribution in [-0.4, -0.2) is 250 Å². The van der Waals surface area contributed by atoms with Crippen molar-refractivity contribution in [2.24, 2.45) is 17.2 Å². The summed E-state index contributed by atoms with van der Waals surface area (Å²) in [6.07, 6.45) is 4.53. The number of allylic oxidation sites excluding steroid dienone is 2. The first-order valence-corrected chi connectivity index (χ1v) is 32.6. The van der Waals surface area contributed by atoms with Crippen molar-refractivity contribution in [3.8, 4) is 23.0 Å². The summed E-state index contributed by atoms with van der Waals surface area (Å²) in [5.74, 6) is -6.52. The number of nitrogens with two attached hydrogens (primary N) is 3. The number of primary amides is 2. The first-order chi connectivity index (χ1) is 53.9. The van der Waals surface area contributed by atoms with Gasteiger partial charge < -0.3 is 126 Å². The van der Waals surface area contributed by atoms with Crippen molar-refractivity contribution in [3.05, 3.63) is 121 Å². The topological polar surface area (TPSA) is 767 Å². The molecule has 0 aliphatic rings. The minimum absolute atomic E-state index is 0. The molecule has 0 spiro atoms. The van der Waals surface area contributed by atoms with Gasteiger partial charge >= 0.3 is 42.7 Å². The van der Waals surface area contributed by atoms with E-state index in [9.17, 15) is 118 Å². The van der Waals surface area contributed by atoms with Crippen LogP contribution in [0.15, 0.2) is 49.6 Å². The Balaban J connectivity index is -0.000000216. The Morgan fingerprint density at radius 2 is 0.836 bits per heavy atom. The monoisotopic (exact) mass is 1700 g/mol. The number of aliphatic carboxylic acids is 2. The number of carbonyl (C=O) groups excluding carboxylic acids is 7. The summed E-state index contributed by atoms with van der Waals surface area (Å²) >= 11 is 0. The summed E-state index contributed by atoms with van der Waals surface area (Å²) in [6.45, 7) is 6.45. The number of rotatable bonds is 56. The average Bonchev–Trinajstić information content (AvgIpc) is 0.822. The van der Waals surface area contributed by atoms with Crippen molar-refractivity contribution in [2.75, 3.05) is 132 Å². The largest absolute Gasteiger partial charge is 1.00 e. The van der Waals surface area contributed by atoms with E-state index in [2.05, 4.69) is 67.6 Å². The van der Waals surface area contributed by atoms with E-state index >= 15 is 0 Å². The number of hydrogen-bond acceptors (Lipinski definition) is 39. The quantitative estimate of drug-likeness (QED) is 0.00786. The molecule has 116 heavy (non-hydrogen) atoms. The van der Waals surface area contributed by atoms with Crippen molar-refractivity contribution in [1.29, 1.82) is 0 Å². The van der Waals surface area contributed by atoms with Gasteiger partial charge in [0.2, 0.25) is 17.7 Å². The van der Waals surface area contributed by atoms with Crippen LogP contribution in [0, 0.1) is 60.7 Å². The second-order valence-electron chi connectivity index (χ2n) is 20.8. The van der Waals surface area contributed by atoms with Gasteiger partial charge in [0, 0.05) is 45.2 Å². The van der Waals surface area contributed by atoms with Crippen LogP contribution in [0.1, 0.15) is 118 Å². The fourth-order valence-corrected chi connectivity index (χ4v) is 7.47. The van der Waals surface area contributed by atoms with E-state index in [0.717, 1.165) is 19.3 Å². The van der Waals surface area contributed by atoms with E-state index in [1.807, 2.05) is 0 Å². The van der Waals surface area contributed by atoms with Gasteiger partial charge in [-0.3, -0.25) is 47.5 Å². The molecule has 0 saturated carbocycles. The van der Waals surface area contributed by atoms with Crippen molar-refractivity contribution in [2.45, 2.75) is 115 Å². The summed E-state index contributed by atoms with van der Waals surface area (Å²) in [7, 11) is 4.24. The number of nitrogens with one attached hydrogen (secondary N) is 3. The van der Waals surface area contributed by atoms with Gasteiger partial charge in [-0.15, -0.1) is 86.3 Å². The summed E-state index contributed by atoms with van der Waals surface area (Å²) in [6, 6.07) is 5.50. The summed E-state index contributed by atoms with van der Waals surface area (Å²) in [4.78, 5) is 184. The van der Waals surface area contributed by atoms with E-state index in [1.165, 1.54) is 52.7 Å². The van der Waals surface area contributed by atoms with Gasteiger partial charge in [-0.25, -0.2) is 0 Å². The summed E-state index contributed by atoms with van der Waals surface area (Å²) in [5, 5.41) is 97.8. The van der Waals surface area contributed by atoms with Gasteiger partial charge in [-0.05, 0) is 88.5 Å². The van der Waals surface area contributed by atoms with E-state index in [-0.39, 0.29) is 193 Å². The number of esters is 2. The number of methoxy groups -OCH3 is 4. The number of aromatic hydroxyl groups is 2. The van der Waals surface area contributed by atoms with Crippen LogP contribution in [0.25, 0.3) is 0 Å². The molecule has 52 nitrogen and oxygen atoms in total. The Kier molecular flexibility index (Phi) is 79.3. The number of hydrogen-bond donors (Lipinski definition) is 10. The van der Waals surface area contributed by atoms with Crippen LogP contribution in [-0.2, 0) is 91.0 Å². The third-order valence-corrected chi connectivity index (χ3v) is 12.4. The first kappa shape index (κ1) is 117. The molecule has 5 amide bonds. The predicted molar refractivity (Wildman–Crippen MR) is 389 cm³/mol. The maximum atomic E-state index is 12.0. The second-order valence-corrected chi connectivity index (χ2v) is 20.8. The Labute approximate surface area is 679 Å². The van der Waals surface area contributed by atoms with Gasteiger partial charge in [0.1, 0.15) is 74.0 Å². The van der Waals surface area contributed by atoms with E-state index < -0.39 is 129 Å². The van der Waals surface area contributed by atoms with E-state index in [4.69, 9.17) is 57.2 Å². The maximum absolute atomic E-state index is 12.0. The van der Waals surface area contributed by atoms with Crippen LogP contribution < -0.4 is 61.5 Å². The molecule has 14 N–H and O–H groups in total. The second kappa shape index (κ2) is 78.4. The van der Waals surface area contributed by atoms with Crippen LogP contribution in [0.3, 0.4) is 0 Å². The molecule has 0 radical (unpaired) electrons. The molecule has 0 aromatic heterocycles. The number of amides is 5. The SMILES string of the molecule is C=CCCCC(=O)O.C=CCCCC(=O)OC.COC(=O)CCCC(CO[N+](=O)[O-])O[N+](=O)[O-].COc1ccc(NC(=O)COCCOCCN)c(O)c1C(N)=O.COc1ccc(NC(=O)COCCOCCNC(=O)CCCC(CO[N+](=O)[O-])O[N+](=O)[O-])c(O)c1C(N)=O.Cl.O=C(O)CCCC(CO[N+](=O)[O-])O[N+](=O)[O-].[2H]CF.[Li+].[OH-]. The van der Waals surface area contributed by atoms with Crippen LogP contribution in [0.5, 0.6) is 23.0 Å². The molecular formula is C61H99ClFLiN12O40. The molecule has 3 unspecified atom stereocenters. The van der Waals surface area contributed by atoms with Crippen molar-refractivity contribution < 1.29 is 191 Å². The predicted octanol–water partition coefficient (Wildman–Crippen LogP) is -0.108. The molecule has 2 aromatic carbocycles. The van der Waals surface area contributed by atoms with Gasteiger partial charge in [0.05, 0.1) is 88.0 Å². The van der Waals surface area contributed by atoms with E-state index in [0.29, 0.717) is 32.6 Å². The van der Waals surface area contributed by atoms with Crippen molar-refractivity contribution in [1.82, 2.24) is 5.32 Å². The Hall–Kier alpha value is -11.9. The average molecular weight is 1700 g/mol. The minimum Gasteiger partial charge on any atom is -0.870 e. The van der Waals surface area contributed by atoms with Crippen LogP contribution in [0.2, 0.25) is 0 Å². The molecule has 0 aliphatic carbocycles. The molecule has 0 bridgehead atoms. The Morgan fingerprint density at radius 3 is 1.15 bits per heavy atom. The number of anilines is 2. The van der Waals surface area contributed by atoms with Crippen molar-refractivity contribution >= 4 is 77.2 Å². The van der Waals surface area contributed by atoms with Gasteiger partial charge in [-0.2, -0.15) is 0 Å². The molecule has 3 atom stereocenters. The molecular weight excluding hydrogens is 1600 g/mol. The maximum Gasteiger partial charge on any atom is 1.00 e.